The van der Waals surface area contributed by atoms with E-state index in [0.29, 0.717) is 15.8 Å². The molecule has 2 aromatic carbocycles. The van der Waals surface area contributed by atoms with Crippen LogP contribution in [-0.4, -0.2) is 4.98 Å². The van der Waals surface area contributed by atoms with Gasteiger partial charge in [-0.3, -0.25) is 4.79 Å². The van der Waals surface area contributed by atoms with Crippen molar-refractivity contribution >= 4 is 34.2 Å². The van der Waals surface area contributed by atoms with Crippen molar-refractivity contribution in [3.63, 3.8) is 0 Å². The summed E-state index contributed by atoms with van der Waals surface area (Å²) < 4.78 is 0.575. The largest absolute Gasteiger partial charge is 0.618 e. The number of hydrogen-bond acceptors (Lipinski definition) is 2. The topological polar surface area (TPSA) is 59.8 Å². The number of aromatic amines is 1. The molecule has 20 heavy (non-hydrogen) atoms. The number of nitrogens with zero attached hydrogens (tertiary/aromatic N) is 1. The Hall–Kier alpha value is -2.04. The highest BCUT2D eigenvalue weighted by atomic mass is 35.5. The number of fused-ring (bicyclic) bond motifs is 1. The summed E-state index contributed by atoms with van der Waals surface area (Å²) in [5.74, 6) is 0. The highest BCUT2D eigenvalue weighted by molar-refractivity contribution is 6.42. The Morgan fingerprint density at radius 3 is 2.40 bits per heavy atom. The summed E-state index contributed by atoms with van der Waals surface area (Å²) in [5.41, 5.74) is 0.697. The van der Waals surface area contributed by atoms with Gasteiger partial charge in [0.25, 0.3) is 5.69 Å². The van der Waals surface area contributed by atoms with Crippen molar-refractivity contribution in [1.82, 2.24) is 4.98 Å². The molecule has 1 aromatic heterocycles. The molecule has 100 valence electrons. The molecule has 0 aliphatic rings. The van der Waals surface area contributed by atoms with Gasteiger partial charge in [-0.2, -0.15) is 4.73 Å². The summed E-state index contributed by atoms with van der Waals surface area (Å²) in [7, 11) is 0. The van der Waals surface area contributed by atoms with Crippen LogP contribution in [0.2, 0.25) is 10.0 Å². The number of rotatable bonds is 1. The van der Waals surface area contributed by atoms with Crippen LogP contribution in [0.25, 0.3) is 22.3 Å². The van der Waals surface area contributed by atoms with Crippen LogP contribution in [0.4, 0.5) is 0 Å². The predicted octanol–water partition coefficient (Wildman–Crippen LogP) is 3.14. The van der Waals surface area contributed by atoms with Crippen LogP contribution in [0.15, 0.2) is 47.3 Å². The predicted molar refractivity (Wildman–Crippen MR) is 79.0 cm³/mol. The molecule has 3 aromatic rings. The monoisotopic (exact) mass is 306 g/mol. The first kappa shape index (κ1) is 13.0. The summed E-state index contributed by atoms with van der Waals surface area (Å²) in [6, 6.07) is 11.6. The number of H-pyrrole nitrogens is 1. The maximum atomic E-state index is 12.4. The van der Waals surface area contributed by atoms with Crippen molar-refractivity contribution in [2.24, 2.45) is 0 Å². The van der Waals surface area contributed by atoms with E-state index >= 15 is 0 Å². The molecule has 0 saturated carbocycles. The van der Waals surface area contributed by atoms with Gasteiger partial charge in [0.15, 0.2) is 0 Å². The maximum Gasteiger partial charge on any atom is 0.322 e. The van der Waals surface area contributed by atoms with E-state index in [4.69, 9.17) is 23.2 Å². The number of halogens is 2. The third-order valence-electron chi connectivity index (χ3n) is 2.97. The lowest BCUT2D eigenvalue weighted by molar-refractivity contribution is -0.566. The quantitative estimate of drug-likeness (QED) is 0.554. The second-order valence-corrected chi connectivity index (χ2v) is 5.06. The van der Waals surface area contributed by atoms with Gasteiger partial charge in [-0.15, -0.1) is 0 Å². The Balaban J connectivity index is 2.41. The van der Waals surface area contributed by atoms with E-state index in [1.807, 2.05) is 6.07 Å². The Kier molecular flexibility index (Phi) is 3.12. The fourth-order valence-electron chi connectivity index (χ4n) is 2.04. The van der Waals surface area contributed by atoms with Gasteiger partial charge < -0.3 is 10.2 Å². The summed E-state index contributed by atoms with van der Waals surface area (Å²) >= 11 is 11.8. The van der Waals surface area contributed by atoms with E-state index in [2.05, 4.69) is 4.98 Å². The molecule has 0 spiro atoms. The number of benzene rings is 2. The zero-order chi connectivity index (χ0) is 14.3. The van der Waals surface area contributed by atoms with Crippen molar-refractivity contribution in [3.05, 3.63) is 68.1 Å². The van der Waals surface area contributed by atoms with Gasteiger partial charge in [-0.25, -0.2) is 0 Å². The van der Waals surface area contributed by atoms with Crippen LogP contribution in [-0.2, 0) is 0 Å². The van der Waals surface area contributed by atoms with E-state index < -0.39 is 5.56 Å². The van der Waals surface area contributed by atoms with E-state index in [1.54, 1.807) is 24.3 Å². The Labute approximate surface area is 123 Å². The van der Waals surface area contributed by atoms with Crippen molar-refractivity contribution in [2.75, 3.05) is 0 Å². The molecule has 4 nitrogen and oxygen atoms in total. The molecule has 1 N–H and O–H groups in total. The van der Waals surface area contributed by atoms with Crippen molar-refractivity contribution in [1.29, 1.82) is 0 Å². The molecular weight excluding hydrogens is 299 g/mol. The molecule has 0 saturated heterocycles. The van der Waals surface area contributed by atoms with Crippen LogP contribution in [0.1, 0.15) is 0 Å². The Morgan fingerprint density at radius 1 is 1.05 bits per heavy atom. The van der Waals surface area contributed by atoms with E-state index in [9.17, 15) is 10.0 Å². The van der Waals surface area contributed by atoms with Crippen molar-refractivity contribution in [3.8, 4) is 11.3 Å². The minimum atomic E-state index is -0.475. The molecule has 6 heteroatoms. The second-order valence-electron chi connectivity index (χ2n) is 4.25. The van der Waals surface area contributed by atoms with Crippen molar-refractivity contribution < 1.29 is 4.73 Å². The molecule has 0 unspecified atom stereocenters. The van der Waals surface area contributed by atoms with Gasteiger partial charge >= 0.3 is 5.56 Å². The molecule has 0 aliphatic carbocycles. The van der Waals surface area contributed by atoms with Crippen LogP contribution >= 0.6 is 23.2 Å². The minimum Gasteiger partial charge on any atom is -0.618 e. The fourth-order valence-corrected chi connectivity index (χ4v) is 2.36. The minimum absolute atomic E-state index is 0.0245. The molecule has 0 bridgehead atoms. The van der Waals surface area contributed by atoms with E-state index in [1.165, 1.54) is 12.1 Å². The summed E-state index contributed by atoms with van der Waals surface area (Å²) in [5, 5.41) is 12.9. The average Bonchev–Trinajstić information content (AvgIpc) is 2.43. The zero-order valence-corrected chi connectivity index (χ0v) is 11.6. The lowest BCUT2D eigenvalue weighted by atomic mass is 10.1. The van der Waals surface area contributed by atoms with Crippen LogP contribution < -0.4 is 10.3 Å². The molecule has 1 heterocycles. The molecule has 0 radical (unpaired) electrons. The third kappa shape index (κ3) is 2.03. The zero-order valence-electron chi connectivity index (χ0n) is 10.1. The molecule has 3 rings (SSSR count). The van der Waals surface area contributed by atoms with Crippen LogP contribution in [0.5, 0.6) is 0 Å². The molecule has 0 atom stereocenters. The molecule has 0 aliphatic heterocycles. The van der Waals surface area contributed by atoms with Gasteiger partial charge in [0.05, 0.1) is 15.6 Å². The lowest BCUT2D eigenvalue weighted by Crippen LogP contribution is -2.37. The Morgan fingerprint density at radius 2 is 1.70 bits per heavy atom. The molecule has 0 fully saturated rings. The number of nitrogens with one attached hydrogen (secondary N) is 1. The van der Waals surface area contributed by atoms with Crippen LogP contribution in [0.3, 0.4) is 0 Å². The number of hydrogen-bond donors (Lipinski definition) is 1. The highest BCUT2D eigenvalue weighted by Crippen LogP contribution is 2.25. The number of aromatic nitrogens is 2. The first-order chi connectivity index (χ1) is 9.58. The summed E-state index contributed by atoms with van der Waals surface area (Å²) in [4.78, 5) is 14.7. The smallest absolute Gasteiger partial charge is 0.322 e. The normalized spacial score (nSPS) is 10.9. The summed E-state index contributed by atoms with van der Waals surface area (Å²) in [6.45, 7) is 0. The fraction of sp³-hybridized carbons (Fsp3) is 0. The third-order valence-corrected chi connectivity index (χ3v) is 3.69. The van der Waals surface area contributed by atoms with Gasteiger partial charge in [0.1, 0.15) is 5.52 Å². The van der Waals surface area contributed by atoms with E-state index in [-0.39, 0.29) is 21.3 Å². The first-order valence-corrected chi connectivity index (χ1v) is 6.53. The Bertz CT molecular complexity index is 860. The maximum absolute atomic E-state index is 12.4. The summed E-state index contributed by atoms with van der Waals surface area (Å²) in [6.07, 6.45) is 0. The van der Waals surface area contributed by atoms with Gasteiger partial charge in [-0.1, -0.05) is 41.4 Å². The second kappa shape index (κ2) is 4.81. The first-order valence-electron chi connectivity index (χ1n) is 5.78. The standard InChI is InChI=1S/C14H8Cl2N2O2/c15-9-6-11-12(7-10(9)16)18(20)13(14(19)17-11)8-4-2-1-3-5-8/h1-7H,(H,17,19). The van der Waals surface area contributed by atoms with Crippen LogP contribution in [0, 0.1) is 5.21 Å². The van der Waals surface area contributed by atoms with Gasteiger partial charge in [0, 0.05) is 6.07 Å². The average molecular weight is 307 g/mol. The van der Waals surface area contributed by atoms with E-state index in [0.717, 1.165) is 0 Å². The lowest BCUT2D eigenvalue weighted by Gasteiger charge is -2.07. The highest BCUT2D eigenvalue weighted by Gasteiger charge is 2.19. The molecule has 0 amide bonds. The van der Waals surface area contributed by atoms with Gasteiger partial charge in [-0.05, 0) is 18.2 Å². The van der Waals surface area contributed by atoms with Crippen molar-refractivity contribution in [2.45, 2.75) is 0 Å². The molecular formula is C14H8Cl2N2O2. The SMILES string of the molecule is O=c1[nH]c2cc(Cl)c(Cl)cc2[n+]([O-])c1-c1ccccc1. The van der Waals surface area contributed by atoms with Gasteiger partial charge in [0.2, 0.25) is 5.52 Å².